The molecule has 0 atom stereocenters. The Bertz CT molecular complexity index is 2210. The molecule has 2 saturated heterocycles. The second-order valence-electron chi connectivity index (χ2n) is 16.8. The first-order valence-corrected chi connectivity index (χ1v) is 21.0. The molecule has 0 N–H and O–H groups in total. The summed E-state index contributed by atoms with van der Waals surface area (Å²) in [6.07, 6.45) is 0.472. The van der Waals surface area contributed by atoms with E-state index in [0.717, 1.165) is 57.0 Å². The molecule has 2 aromatic heterocycles. The van der Waals surface area contributed by atoms with Crippen LogP contribution in [0.4, 0.5) is 13.2 Å². The number of hydrogen-bond donors (Lipinski definition) is 0. The molecule has 61 heavy (non-hydrogen) atoms. The number of halogens is 3. The predicted octanol–water partition coefficient (Wildman–Crippen LogP) is 6.76. The summed E-state index contributed by atoms with van der Waals surface area (Å²) in [6.45, 7) is 10.6. The number of nitrogens with zero attached hydrogens (tertiary/aromatic N) is 4. The minimum absolute atomic E-state index is 0.0259. The summed E-state index contributed by atoms with van der Waals surface area (Å²) < 4.78 is 60.1. The van der Waals surface area contributed by atoms with E-state index in [1.165, 1.54) is 40.8 Å². The van der Waals surface area contributed by atoms with Gasteiger partial charge in [0.2, 0.25) is 28.3 Å². The van der Waals surface area contributed by atoms with Gasteiger partial charge in [0.1, 0.15) is 24.0 Å². The highest BCUT2D eigenvalue weighted by Gasteiger charge is 2.43. The van der Waals surface area contributed by atoms with Crippen LogP contribution in [0.5, 0.6) is 11.5 Å². The van der Waals surface area contributed by atoms with Gasteiger partial charge in [-0.15, -0.1) is 0 Å². The van der Waals surface area contributed by atoms with Gasteiger partial charge in [-0.25, -0.2) is 0 Å². The van der Waals surface area contributed by atoms with Crippen LogP contribution in [0.2, 0.25) is 0 Å². The number of fused-ring (bicyclic) bond motifs is 2. The Morgan fingerprint density at radius 3 is 1.38 bits per heavy atom. The minimum atomic E-state index is -4.85. The van der Waals surface area contributed by atoms with Crippen LogP contribution in [0.3, 0.4) is 0 Å². The lowest BCUT2D eigenvalue weighted by Crippen LogP contribution is -2.46. The molecule has 0 radical (unpaired) electrons. The highest BCUT2D eigenvalue weighted by atomic mass is 19.4. The van der Waals surface area contributed by atoms with E-state index in [9.17, 15) is 32.3 Å². The molecule has 15 heteroatoms. The van der Waals surface area contributed by atoms with Crippen molar-refractivity contribution < 1.29 is 41.1 Å². The fraction of sp³-hybridized carbons (Fsp3) is 0.478. The Hall–Kier alpha value is -5.41. The monoisotopic (exact) mass is 846 g/mol. The van der Waals surface area contributed by atoms with Gasteiger partial charge in [-0.3, -0.25) is 29.0 Å². The van der Waals surface area contributed by atoms with E-state index in [1.807, 2.05) is 30.9 Å². The van der Waals surface area contributed by atoms with Crippen LogP contribution in [0.1, 0.15) is 73.3 Å². The molecular formula is C46H53F3N4O8. The number of amides is 2. The zero-order valence-electron chi connectivity index (χ0n) is 34.7. The Balaban J connectivity index is 0.000000184. The van der Waals surface area contributed by atoms with Crippen LogP contribution in [0.15, 0.2) is 91.6 Å². The molecule has 0 saturated carbocycles. The van der Waals surface area contributed by atoms with Crippen molar-refractivity contribution in [2.24, 2.45) is 17.8 Å². The molecule has 4 aliphatic rings. The van der Waals surface area contributed by atoms with Crippen LogP contribution in [0, 0.1) is 17.8 Å². The molecule has 4 aliphatic heterocycles. The molecule has 0 unspecified atom stereocenters. The standard InChI is InChI=1S/C24H30N2O4.C22H23F3N2O4/c1-17(2)24(28)26-9-7-18(8-10-26)15-30-23-16-29-21(11-22(23)27)14-25-12-19-5-3-4-6-20(19)13-25;23-22(24,25)21(29)27-7-5-15(6-8-27)13-31-20-14-30-18(9-19(20)28)12-26-10-16-3-1-2-4-17(16)11-26/h3-6,11,16-18H,7-10,12-15H2,1-2H3;1-4,9,14-15H,5-8,10-13H2. The molecule has 2 fully saturated rings. The van der Waals surface area contributed by atoms with E-state index in [0.29, 0.717) is 50.0 Å². The smallest absolute Gasteiger partial charge is 0.471 e. The van der Waals surface area contributed by atoms with Gasteiger partial charge in [0.25, 0.3) is 0 Å². The van der Waals surface area contributed by atoms with E-state index in [-0.39, 0.29) is 59.8 Å². The van der Waals surface area contributed by atoms with Crippen molar-refractivity contribution in [3.63, 3.8) is 0 Å². The summed E-state index contributed by atoms with van der Waals surface area (Å²) in [5, 5.41) is 0. The van der Waals surface area contributed by atoms with Crippen LogP contribution in [-0.4, -0.2) is 77.0 Å². The number of ether oxygens (including phenoxy) is 2. The first kappa shape index (κ1) is 43.7. The third-order valence-electron chi connectivity index (χ3n) is 11.8. The first-order valence-electron chi connectivity index (χ1n) is 21.0. The number of piperidine rings is 2. The Kier molecular flexibility index (Phi) is 14.0. The lowest BCUT2D eigenvalue weighted by molar-refractivity contribution is -0.186. The van der Waals surface area contributed by atoms with E-state index in [4.69, 9.17) is 18.3 Å². The molecule has 6 heterocycles. The van der Waals surface area contributed by atoms with E-state index in [1.54, 1.807) is 6.07 Å². The highest BCUT2D eigenvalue weighted by molar-refractivity contribution is 5.82. The zero-order valence-corrected chi connectivity index (χ0v) is 34.7. The number of rotatable bonds is 11. The zero-order chi connectivity index (χ0) is 43.1. The fourth-order valence-corrected chi connectivity index (χ4v) is 8.31. The molecule has 0 spiro atoms. The summed E-state index contributed by atoms with van der Waals surface area (Å²) in [5.41, 5.74) is 4.78. The SMILES string of the molecule is CC(C)C(=O)N1CCC(COc2coc(CN3Cc4ccccc4C3)cc2=O)CC1.O=C(N1CCC(COc2coc(CN3Cc4ccccc4C3)cc2=O)CC1)C(F)(F)F. The van der Waals surface area contributed by atoms with Crippen molar-refractivity contribution in [3.8, 4) is 11.5 Å². The highest BCUT2D eigenvalue weighted by Crippen LogP contribution is 2.27. The third kappa shape index (κ3) is 11.5. The van der Waals surface area contributed by atoms with Gasteiger partial charge in [-0.05, 0) is 59.8 Å². The van der Waals surface area contributed by atoms with Crippen molar-refractivity contribution in [3.05, 3.63) is 127 Å². The van der Waals surface area contributed by atoms with Gasteiger partial charge in [0.05, 0.1) is 26.3 Å². The maximum atomic E-state index is 12.5. The van der Waals surface area contributed by atoms with Crippen molar-refractivity contribution in [2.45, 2.75) is 85.0 Å². The molecule has 326 valence electrons. The number of benzene rings is 2. The van der Waals surface area contributed by atoms with E-state index in [2.05, 4.69) is 46.2 Å². The quantitative estimate of drug-likeness (QED) is 0.160. The summed E-state index contributed by atoms with van der Waals surface area (Å²) in [7, 11) is 0. The molecule has 2 amide bonds. The van der Waals surface area contributed by atoms with Gasteiger partial charge in [0.15, 0.2) is 0 Å². The Labute approximate surface area is 352 Å². The first-order chi connectivity index (χ1) is 29.3. The number of likely N-dealkylation sites (tertiary alicyclic amines) is 2. The van der Waals surface area contributed by atoms with Crippen molar-refractivity contribution in [2.75, 3.05) is 39.4 Å². The number of alkyl halides is 3. The number of carbonyl (C=O) groups excluding carboxylic acids is 2. The lowest BCUT2D eigenvalue weighted by atomic mass is 9.97. The van der Waals surface area contributed by atoms with E-state index < -0.39 is 12.1 Å². The van der Waals surface area contributed by atoms with Crippen LogP contribution in [-0.2, 0) is 48.9 Å². The summed E-state index contributed by atoms with van der Waals surface area (Å²) in [5.74, 6) is 0.325. The second kappa shape index (κ2) is 19.5. The molecule has 0 bridgehead atoms. The largest absolute Gasteiger partial charge is 0.486 e. The van der Waals surface area contributed by atoms with Crippen LogP contribution < -0.4 is 20.3 Å². The van der Waals surface area contributed by atoms with Gasteiger partial charge < -0.3 is 28.1 Å². The maximum absolute atomic E-state index is 12.5. The summed E-state index contributed by atoms with van der Waals surface area (Å²) >= 11 is 0. The molecular weight excluding hydrogens is 794 g/mol. The van der Waals surface area contributed by atoms with Gasteiger partial charge in [0, 0.05) is 70.4 Å². The predicted molar refractivity (Wildman–Crippen MR) is 219 cm³/mol. The second-order valence-corrected chi connectivity index (χ2v) is 16.8. The molecule has 4 aromatic rings. The topological polar surface area (TPSA) is 126 Å². The Morgan fingerprint density at radius 1 is 0.656 bits per heavy atom. The maximum Gasteiger partial charge on any atom is 0.471 e. The van der Waals surface area contributed by atoms with Gasteiger partial charge in [-0.2, -0.15) is 13.2 Å². The molecule has 2 aromatic carbocycles. The minimum Gasteiger partial charge on any atom is -0.486 e. The van der Waals surface area contributed by atoms with Gasteiger partial charge in [-0.1, -0.05) is 62.4 Å². The summed E-state index contributed by atoms with van der Waals surface area (Å²) in [6, 6.07) is 19.6. The molecule has 0 aliphatic carbocycles. The lowest BCUT2D eigenvalue weighted by Gasteiger charge is -2.32. The van der Waals surface area contributed by atoms with Crippen LogP contribution >= 0.6 is 0 Å². The molecule has 12 nitrogen and oxygen atoms in total. The number of carbonyl (C=O) groups is 2. The normalized spacial score (nSPS) is 17.5. The fourth-order valence-electron chi connectivity index (χ4n) is 8.31. The average molecular weight is 847 g/mol. The average Bonchev–Trinajstić information content (AvgIpc) is 3.86. The summed E-state index contributed by atoms with van der Waals surface area (Å²) in [4.78, 5) is 55.4. The van der Waals surface area contributed by atoms with E-state index >= 15 is 0 Å². The third-order valence-corrected chi connectivity index (χ3v) is 11.8. The van der Waals surface area contributed by atoms with Crippen molar-refractivity contribution >= 4 is 11.8 Å². The van der Waals surface area contributed by atoms with Gasteiger partial charge >= 0.3 is 12.1 Å². The van der Waals surface area contributed by atoms with Crippen LogP contribution in [0.25, 0.3) is 0 Å². The number of hydrogen-bond acceptors (Lipinski definition) is 10. The van der Waals surface area contributed by atoms with Crippen molar-refractivity contribution in [1.82, 2.24) is 19.6 Å². The van der Waals surface area contributed by atoms with Crippen molar-refractivity contribution in [1.29, 1.82) is 0 Å². The molecule has 8 rings (SSSR count). The Morgan fingerprint density at radius 2 is 1.03 bits per heavy atom.